The topological polar surface area (TPSA) is 38.0 Å². The Morgan fingerprint density at radius 1 is 0.319 bits per heavy atom. The van der Waals surface area contributed by atoms with Gasteiger partial charge in [0.2, 0.25) is 0 Å². The van der Waals surface area contributed by atoms with Gasteiger partial charge in [0.15, 0.2) is 0 Å². The summed E-state index contributed by atoms with van der Waals surface area (Å²) in [6, 6.07) is 85.6. The van der Waals surface area contributed by atoms with E-state index in [0.29, 0.717) is 0 Å². The van der Waals surface area contributed by atoms with Crippen LogP contribution in [-0.4, -0.2) is 0 Å². The molecule has 69 heavy (non-hydrogen) atoms. The number of rotatable bonds is 6. The standard InChI is InChI=1S/C33H27N.C18H15N.C15H13Br/c1-33(2)30-16-10-9-15-27(30)28-19-18-26(22-31(28)33)34-32-20-17-25(23-11-5-3-6-12-23)21-29(32)24-13-7-4-8-14-24;19-18-12-11-16(14-7-3-1-4-8-14)13-17(18)15-9-5-2-6-10-15;1-15(2)13-6-4-3-5-11(13)12-8-7-10(16)9-14(12)15/h3-22,34H,1-2H3;1-13H,19H2;3-9H,1-2H3. The van der Waals surface area contributed by atoms with Gasteiger partial charge in [-0.1, -0.05) is 238 Å². The van der Waals surface area contributed by atoms with Gasteiger partial charge in [-0.3, -0.25) is 0 Å². The fourth-order valence-corrected chi connectivity index (χ4v) is 10.5. The van der Waals surface area contributed by atoms with Crippen LogP contribution in [0.3, 0.4) is 0 Å². The number of halogens is 1. The first-order chi connectivity index (χ1) is 33.6. The molecular weight excluding hydrogens is 901 g/mol. The lowest BCUT2D eigenvalue weighted by molar-refractivity contribution is 0.660. The van der Waals surface area contributed by atoms with Crippen molar-refractivity contribution in [2.75, 3.05) is 11.1 Å². The van der Waals surface area contributed by atoms with Crippen LogP contribution < -0.4 is 11.1 Å². The van der Waals surface area contributed by atoms with Gasteiger partial charge in [-0.2, -0.15) is 0 Å². The van der Waals surface area contributed by atoms with Gasteiger partial charge in [-0.25, -0.2) is 0 Å². The maximum absolute atomic E-state index is 6.10. The Kier molecular flexibility index (Phi) is 12.5. The first kappa shape index (κ1) is 45.1. The number of benzene rings is 10. The zero-order chi connectivity index (χ0) is 47.5. The van der Waals surface area contributed by atoms with Gasteiger partial charge in [0.05, 0.1) is 0 Å². The van der Waals surface area contributed by atoms with Crippen molar-refractivity contribution in [1.82, 2.24) is 0 Å². The zero-order valence-electron chi connectivity index (χ0n) is 39.5. The largest absolute Gasteiger partial charge is 0.398 e. The van der Waals surface area contributed by atoms with E-state index in [0.717, 1.165) is 32.7 Å². The molecule has 12 rings (SSSR count). The molecule has 0 unspecified atom stereocenters. The predicted octanol–water partition coefficient (Wildman–Crippen LogP) is 18.4. The minimum atomic E-state index is -0.0109. The Hall–Kier alpha value is -7.72. The third-order valence-electron chi connectivity index (χ3n) is 13.9. The van der Waals surface area contributed by atoms with Crippen molar-refractivity contribution in [2.24, 2.45) is 0 Å². The van der Waals surface area contributed by atoms with Crippen LogP contribution in [0.2, 0.25) is 0 Å². The highest BCUT2D eigenvalue weighted by atomic mass is 79.9. The van der Waals surface area contributed by atoms with Crippen LogP contribution in [-0.2, 0) is 10.8 Å². The number of nitrogen functional groups attached to an aromatic ring is 1. The van der Waals surface area contributed by atoms with Crippen molar-refractivity contribution in [3.8, 4) is 66.8 Å². The molecule has 0 aliphatic heterocycles. The molecule has 3 heteroatoms. The minimum Gasteiger partial charge on any atom is -0.398 e. The van der Waals surface area contributed by atoms with E-state index >= 15 is 0 Å². The highest BCUT2D eigenvalue weighted by Crippen LogP contribution is 2.51. The maximum atomic E-state index is 6.10. The average Bonchev–Trinajstić information content (AvgIpc) is 3.76. The molecule has 2 aliphatic rings. The highest BCUT2D eigenvalue weighted by molar-refractivity contribution is 9.10. The number of hydrogen-bond acceptors (Lipinski definition) is 2. The van der Waals surface area contributed by atoms with Crippen LogP contribution in [0.4, 0.5) is 17.1 Å². The summed E-state index contributed by atoms with van der Waals surface area (Å²) in [5.41, 5.74) is 29.8. The Labute approximate surface area is 416 Å². The number of nitrogens with one attached hydrogen (secondary N) is 1. The van der Waals surface area contributed by atoms with E-state index in [1.54, 1.807) is 0 Å². The van der Waals surface area contributed by atoms with Crippen LogP contribution in [0.15, 0.2) is 247 Å². The fourth-order valence-electron chi connectivity index (χ4n) is 10.2. The van der Waals surface area contributed by atoms with Crippen molar-refractivity contribution in [3.63, 3.8) is 0 Å². The third kappa shape index (κ3) is 9.07. The van der Waals surface area contributed by atoms with E-state index in [1.165, 1.54) is 77.9 Å². The molecule has 2 nitrogen and oxygen atoms in total. The summed E-state index contributed by atoms with van der Waals surface area (Å²) in [7, 11) is 0. The minimum absolute atomic E-state index is 0.0109. The molecule has 0 radical (unpaired) electrons. The first-order valence-electron chi connectivity index (χ1n) is 23.7. The molecule has 0 spiro atoms. The molecule has 0 saturated heterocycles. The monoisotopic (exact) mass is 954 g/mol. The first-order valence-corrected chi connectivity index (χ1v) is 24.5. The smallest absolute Gasteiger partial charge is 0.0464 e. The summed E-state index contributed by atoms with van der Waals surface area (Å²) in [5.74, 6) is 0. The van der Waals surface area contributed by atoms with Gasteiger partial charge in [0.1, 0.15) is 0 Å². The molecule has 10 aromatic carbocycles. The lowest BCUT2D eigenvalue weighted by Crippen LogP contribution is -2.15. The second-order valence-electron chi connectivity index (χ2n) is 18.9. The van der Waals surface area contributed by atoms with Crippen LogP contribution in [0.25, 0.3) is 66.8 Å². The SMILES string of the molecule is CC1(C)c2ccccc2-c2ccc(Br)cc21.CC1(C)c2ccccc2-c2ccc(Nc3ccc(-c4ccccc4)cc3-c3ccccc3)cc21.Nc1ccc(-c2ccccc2)cc1-c1ccccc1. The van der Waals surface area contributed by atoms with E-state index in [9.17, 15) is 0 Å². The van der Waals surface area contributed by atoms with Crippen LogP contribution in [0, 0.1) is 0 Å². The number of anilines is 3. The van der Waals surface area contributed by atoms with Gasteiger partial charge in [-0.15, -0.1) is 0 Å². The van der Waals surface area contributed by atoms with E-state index in [2.05, 4.69) is 249 Å². The molecule has 0 aromatic heterocycles. The predicted molar refractivity (Wildman–Crippen MR) is 298 cm³/mol. The van der Waals surface area contributed by atoms with Gasteiger partial charge in [-0.05, 0) is 126 Å². The molecule has 2 aliphatic carbocycles. The zero-order valence-corrected chi connectivity index (χ0v) is 41.1. The van der Waals surface area contributed by atoms with E-state index in [4.69, 9.17) is 5.73 Å². The van der Waals surface area contributed by atoms with Crippen molar-refractivity contribution in [3.05, 3.63) is 269 Å². The van der Waals surface area contributed by atoms with Gasteiger partial charge in [0.25, 0.3) is 0 Å². The molecule has 0 fully saturated rings. The van der Waals surface area contributed by atoms with Crippen molar-refractivity contribution in [1.29, 1.82) is 0 Å². The quantitative estimate of drug-likeness (QED) is 0.163. The Morgan fingerprint density at radius 2 is 0.725 bits per heavy atom. The molecule has 10 aromatic rings. The summed E-state index contributed by atoms with van der Waals surface area (Å²) < 4.78 is 1.16. The number of nitrogens with two attached hydrogens (primary N) is 1. The number of fused-ring (bicyclic) bond motifs is 6. The summed E-state index contributed by atoms with van der Waals surface area (Å²) in [5, 5.41) is 3.74. The molecule has 0 amide bonds. The van der Waals surface area contributed by atoms with E-state index in [-0.39, 0.29) is 10.8 Å². The van der Waals surface area contributed by atoms with E-state index < -0.39 is 0 Å². The van der Waals surface area contributed by atoms with Crippen LogP contribution in [0.1, 0.15) is 49.9 Å². The fraction of sp³-hybridized carbons (Fsp3) is 0.0909. The van der Waals surface area contributed by atoms with Crippen molar-refractivity contribution < 1.29 is 0 Å². The molecular formula is C66H55BrN2. The Morgan fingerprint density at radius 3 is 1.26 bits per heavy atom. The summed E-state index contributed by atoms with van der Waals surface area (Å²) >= 11 is 3.56. The lowest BCUT2D eigenvalue weighted by atomic mass is 9.82. The van der Waals surface area contributed by atoms with Crippen molar-refractivity contribution in [2.45, 2.75) is 38.5 Å². The molecule has 0 bridgehead atoms. The summed E-state index contributed by atoms with van der Waals surface area (Å²) in [6.45, 7) is 9.24. The molecule has 0 heterocycles. The molecule has 3 N–H and O–H groups in total. The number of hydrogen-bond donors (Lipinski definition) is 2. The summed E-state index contributed by atoms with van der Waals surface area (Å²) in [6.07, 6.45) is 0. The van der Waals surface area contributed by atoms with Gasteiger partial charge in [0, 0.05) is 43.5 Å². The van der Waals surface area contributed by atoms with E-state index in [1.807, 2.05) is 42.5 Å². The highest BCUT2D eigenvalue weighted by Gasteiger charge is 2.36. The van der Waals surface area contributed by atoms with Crippen LogP contribution >= 0.6 is 15.9 Å². The Bertz CT molecular complexity index is 3410. The second kappa shape index (κ2) is 19.1. The second-order valence-corrected chi connectivity index (χ2v) is 19.9. The van der Waals surface area contributed by atoms with Gasteiger partial charge < -0.3 is 11.1 Å². The lowest BCUT2D eigenvalue weighted by Gasteiger charge is -2.22. The average molecular weight is 956 g/mol. The maximum Gasteiger partial charge on any atom is 0.0464 e. The molecule has 0 saturated carbocycles. The Balaban J connectivity index is 0.000000133. The molecule has 336 valence electrons. The normalized spacial score (nSPS) is 13.0. The molecule has 0 atom stereocenters. The summed E-state index contributed by atoms with van der Waals surface area (Å²) in [4.78, 5) is 0. The third-order valence-corrected chi connectivity index (χ3v) is 14.4. The van der Waals surface area contributed by atoms with Gasteiger partial charge >= 0.3 is 0 Å². The van der Waals surface area contributed by atoms with Crippen LogP contribution in [0.5, 0.6) is 0 Å². The van der Waals surface area contributed by atoms with Crippen molar-refractivity contribution >= 4 is 33.0 Å².